The number of nitrogens with zero attached hydrogens (tertiary/aromatic N) is 2. The molecular weight excluding hydrogens is 322 g/mol. The van der Waals surface area contributed by atoms with Crippen molar-refractivity contribution in [2.75, 3.05) is 32.1 Å². The Morgan fingerprint density at radius 3 is 2.84 bits per heavy atom. The minimum absolute atomic E-state index is 0.437. The molecule has 1 aromatic carbocycles. The number of anilines is 1. The maximum atomic E-state index is 5.66. The second-order valence-electron chi connectivity index (χ2n) is 5.20. The Hall–Kier alpha value is -0.650. The monoisotopic (exact) mass is 341 g/mol. The summed E-state index contributed by atoms with van der Waals surface area (Å²) in [6.07, 6.45) is 2.50. The molecule has 1 heterocycles. The number of thiocarbonyl (C=S) groups is 1. The van der Waals surface area contributed by atoms with Crippen molar-refractivity contribution < 1.29 is 0 Å². The van der Waals surface area contributed by atoms with Crippen LogP contribution in [0.25, 0.3) is 0 Å². The Morgan fingerprint density at radius 2 is 2.26 bits per heavy atom. The molecule has 0 bridgehead atoms. The number of likely N-dealkylation sites (N-methyl/N-ethyl adjacent to an activating group) is 2. The topological polar surface area (TPSA) is 32.5 Å². The van der Waals surface area contributed by atoms with Gasteiger partial charge in [0, 0.05) is 29.7 Å². The molecule has 1 aromatic rings. The molecule has 19 heavy (non-hydrogen) atoms. The van der Waals surface area contributed by atoms with Crippen LogP contribution in [0.1, 0.15) is 18.4 Å². The van der Waals surface area contributed by atoms with Gasteiger partial charge in [0.05, 0.1) is 5.69 Å². The lowest BCUT2D eigenvalue weighted by Crippen LogP contribution is -2.45. The van der Waals surface area contributed by atoms with Crippen LogP contribution in [0.15, 0.2) is 22.7 Å². The molecule has 5 heteroatoms. The van der Waals surface area contributed by atoms with Gasteiger partial charge in [0.2, 0.25) is 0 Å². The molecule has 1 fully saturated rings. The molecule has 0 saturated carbocycles. The van der Waals surface area contributed by atoms with Crippen LogP contribution in [-0.4, -0.2) is 43.1 Å². The number of likely N-dealkylation sites (tertiary alicyclic amines) is 1. The van der Waals surface area contributed by atoms with Gasteiger partial charge in [0.15, 0.2) is 0 Å². The lowest BCUT2D eigenvalue weighted by Gasteiger charge is -2.37. The number of hydrogen-bond donors (Lipinski definition) is 1. The summed E-state index contributed by atoms with van der Waals surface area (Å²) < 4.78 is 1.05. The van der Waals surface area contributed by atoms with Gasteiger partial charge in [-0.25, -0.2) is 0 Å². The Labute approximate surface area is 128 Å². The summed E-state index contributed by atoms with van der Waals surface area (Å²) in [4.78, 5) is 5.18. The van der Waals surface area contributed by atoms with E-state index in [9.17, 15) is 0 Å². The molecule has 1 aliphatic rings. The van der Waals surface area contributed by atoms with E-state index < -0.39 is 0 Å². The lowest BCUT2D eigenvalue weighted by molar-refractivity contribution is 0.248. The van der Waals surface area contributed by atoms with Crippen LogP contribution >= 0.6 is 28.1 Å². The van der Waals surface area contributed by atoms with Crippen LogP contribution < -0.4 is 10.6 Å². The average Bonchev–Trinajstić information content (AvgIpc) is 2.37. The third kappa shape index (κ3) is 3.46. The van der Waals surface area contributed by atoms with Crippen LogP contribution in [-0.2, 0) is 0 Å². The van der Waals surface area contributed by atoms with Crippen LogP contribution in [0, 0.1) is 0 Å². The van der Waals surface area contributed by atoms with Gasteiger partial charge < -0.3 is 15.5 Å². The normalized spacial score (nSPS) is 20.3. The molecule has 0 aromatic heterocycles. The fourth-order valence-corrected chi connectivity index (χ4v) is 3.38. The molecule has 0 spiro atoms. The number of piperidine rings is 1. The molecule has 2 rings (SSSR count). The summed E-state index contributed by atoms with van der Waals surface area (Å²) in [6.45, 7) is 2.31. The molecule has 0 aliphatic carbocycles. The van der Waals surface area contributed by atoms with E-state index in [0.717, 1.165) is 16.6 Å². The van der Waals surface area contributed by atoms with Crippen molar-refractivity contribution in [3.63, 3.8) is 0 Å². The summed E-state index contributed by atoms with van der Waals surface area (Å²) in [5, 5.41) is 0. The van der Waals surface area contributed by atoms with Crippen molar-refractivity contribution in [3.05, 3.63) is 28.2 Å². The fourth-order valence-electron chi connectivity index (χ4n) is 2.60. The van der Waals surface area contributed by atoms with Crippen LogP contribution in [0.5, 0.6) is 0 Å². The standard InChI is InChI=1S/C14H20BrN3S/c1-17-7-3-4-11(9-17)18(2)13-6-5-10(14(16)19)8-12(13)15/h5-6,8,11H,3-4,7,9H2,1-2H3,(H2,16,19). The van der Waals surface area contributed by atoms with E-state index in [0.29, 0.717) is 11.0 Å². The first kappa shape index (κ1) is 14.8. The van der Waals surface area contributed by atoms with Crippen LogP contribution in [0.4, 0.5) is 5.69 Å². The zero-order valence-corrected chi connectivity index (χ0v) is 13.8. The Morgan fingerprint density at radius 1 is 1.53 bits per heavy atom. The number of hydrogen-bond acceptors (Lipinski definition) is 3. The predicted molar refractivity (Wildman–Crippen MR) is 89.0 cm³/mol. The highest BCUT2D eigenvalue weighted by Gasteiger charge is 2.22. The van der Waals surface area contributed by atoms with Crippen molar-refractivity contribution in [1.82, 2.24) is 4.90 Å². The second kappa shape index (κ2) is 6.20. The van der Waals surface area contributed by atoms with Gasteiger partial charge in [-0.05, 0) is 60.6 Å². The van der Waals surface area contributed by atoms with E-state index in [4.69, 9.17) is 18.0 Å². The molecule has 1 atom stereocenters. The average molecular weight is 342 g/mol. The van der Waals surface area contributed by atoms with Gasteiger partial charge in [-0.1, -0.05) is 12.2 Å². The van der Waals surface area contributed by atoms with Gasteiger partial charge in [-0.15, -0.1) is 0 Å². The van der Waals surface area contributed by atoms with E-state index in [1.54, 1.807) is 0 Å². The fraction of sp³-hybridized carbons (Fsp3) is 0.500. The molecule has 0 amide bonds. The molecule has 2 N–H and O–H groups in total. The molecular formula is C14H20BrN3S. The smallest absolute Gasteiger partial charge is 0.104 e. The highest BCUT2D eigenvalue weighted by Crippen LogP contribution is 2.29. The molecule has 1 aliphatic heterocycles. The maximum absolute atomic E-state index is 5.66. The highest BCUT2D eigenvalue weighted by molar-refractivity contribution is 9.10. The van der Waals surface area contributed by atoms with Crippen molar-refractivity contribution in [1.29, 1.82) is 0 Å². The van der Waals surface area contributed by atoms with Crippen molar-refractivity contribution in [2.24, 2.45) is 5.73 Å². The molecule has 3 nitrogen and oxygen atoms in total. The summed E-state index contributed by atoms with van der Waals surface area (Å²) in [5.74, 6) is 0. The van der Waals surface area contributed by atoms with Gasteiger partial charge in [0.25, 0.3) is 0 Å². The SMILES string of the molecule is CN1CCCC(N(C)c2ccc(C(N)=S)cc2Br)C1. The number of rotatable bonds is 3. The maximum Gasteiger partial charge on any atom is 0.104 e. The Bertz CT molecular complexity index is 478. The molecule has 104 valence electrons. The lowest BCUT2D eigenvalue weighted by atomic mass is 10.0. The number of nitrogens with two attached hydrogens (primary N) is 1. The minimum atomic E-state index is 0.437. The largest absolute Gasteiger partial charge is 0.389 e. The van der Waals surface area contributed by atoms with Crippen molar-refractivity contribution >= 4 is 38.8 Å². The number of benzene rings is 1. The zero-order chi connectivity index (χ0) is 14.0. The van der Waals surface area contributed by atoms with Gasteiger partial charge >= 0.3 is 0 Å². The second-order valence-corrected chi connectivity index (χ2v) is 6.49. The minimum Gasteiger partial charge on any atom is -0.389 e. The van der Waals surface area contributed by atoms with E-state index in [1.165, 1.54) is 25.1 Å². The van der Waals surface area contributed by atoms with Gasteiger partial charge in [-0.2, -0.15) is 0 Å². The highest BCUT2D eigenvalue weighted by atomic mass is 79.9. The van der Waals surface area contributed by atoms with Gasteiger partial charge in [0.1, 0.15) is 4.99 Å². The van der Waals surface area contributed by atoms with Crippen molar-refractivity contribution in [3.8, 4) is 0 Å². The first-order chi connectivity index (χ1) is 8.99. The third-order valence-corrected chi connectivity index (χ3v) is 4.63. The predicted octanol–water partition coefficient (Wildman–Crippen LogP) is 2.61. The quantitative estimate of drug-likeness (QED) is 0.856. The van der Waals surface area contributed by atoms with E-state index in [2.05, 4.69) is 45.9 Å². The first-order valence-corrected chi connectivity index (χ1v) is 7.70. The number of halogens is 1. The van der Waals surface area contributed by atoms with E-state index in [1.807, 2.05) is 12.1 Å². The molecule has 1 unspecified atom stereocenters. The van der Waals surface area contributed by atoms with Gasteiger partial charge in [-0.3, -0.25) is 0 Å². The molecule has 0 radical (unpaired) electrons. The van der Waals surface area contributed by atoms with Crippen molar-refractivity contribution in [2.45, 2.75) is 18.9 Å². The van der Waals surface area contributed by atoms with E-state index in [-0.39, 0.29) is 0 Å². The first-order valence-electron chi connectivity index (χ1n) is 6.50. The summed E-state index contributed by atoms with van der Waals surface area (Å²) in [6, 6.07) is 6.64. The van der Waals surface area contributed by atoms with Crippen LogP contribution in [0.3, 0.4) is 0 Å². The zero-order valence-electron chi connectivity index (χ0n) is 11.4. The van der Waals surface area contributed by atoms with Crippen LogP contribution in [0.2, 0.25) is 0 Å². The van der Waals surface area contributed by atoms with E-state index >= 15 is 0 Å². The Kier molecular flexibility index (Phi) is 4.81. The third-order valence-electron chi connectivity index (χ3n) is 3.76. The molecule has 1 saturated heterocycles. The summed E-state index contributed by atoms with van der Waals surface area (Å²) >= 11 is 8.64. The summed E-state index contributed by atoms with van der Waals surface area (Å²) in [7, 11) is 4.34. The Balaban J connectivity index is 2.19. The summed E-state index contributed by atoms with van der Waals surface area (Å²) in [5.41, 5.74) is 7.76.